The molecular weight excluding hydrogens is 512 g/mol. The molecule has 0 radical (unpaired) electrons. The molecule has 196 valence electrons. The molecule has 2 aromatic heterocycles. The van der Waals surface area contributed by atoms with Crippen LogP contribution in [0.25, 0.3) is 0 Å². The molecule has 12 nitrogen and oxygen atoms in total. The molecule has 1 aliphatic carbocycles. The van der Waals surface area contributed by atoms with Crippen LogP contribution in [0.2, 0.25) is 0 Å². The second-order valence-corrected chi connectivity index (χ2v) is 10.8. The summed E-state index contributed by atoms with van der Waals surface area (Å²) in [5.74, 6) is 0.0469. The van der Waals surface area contributed by atoms with Gasteiger partial charge in [0.1, 0.15) is 10.0 Å². The maximum absolute atomic E-state index is 12.5. The molecule has 1 saturated carbocycles. The van der Waals surface area contributed by atoms with E-state index in [0.717, 1.165) is 41.4 Å². The normalized spacial score (nSPS) is 20.0. The van der Waals surface area contributed by atoms with E-state index in [-0.39, 0.29) is 36.5 Å². The standard InChI is InChI=1S/C23H30N10O2S2/c1-33-17(8-4-10-26-33)13-19(35)28-23-32-30-21(37-23)15-6-2-5-14(11-15)20-29-31-22(36-20)27-18(34)12-16(25)7-3-9-24/h3-4,7-10,14-15,26H,2,5-6,11-13,24-25H2,1H3,(H,27,31,34)(H,28,32,35)/b9-3-,16-7-/t14-,15-/m0/s1. The first-order valence-electron chi connectivity index (χ1n) is 11.9. The molecule has 37 heavy (non-hydrogen) atoms. The number of hydrogen-bond acceptors (Lipinski definition) is 12. The first-order valence-corrected chi connectivity index (χ1v) is 13.5. The molecule has 1 fully saturated rings. The van der Waals surface area contributed by atoms with Crippen LogP contribution in [0.4, 0.5) is 10.3 Å². The molecular formula is C23H30N10O2S2. The fraction of sp³-hybridized carbons (Fsp3) is 0.391. The van der Waals surface area contributed by atoms with Crippen LogP contribution < -0.4 is 27.5 Å². The Hall–Kier alpha value is -3.78. The van der Waals surface area contributed by atoms with Gasteiger partial charge in [0.05, 0.1) is 12.8 Å². The van der Waals surface area contributed by atoms with Crippen molar-refractivity contribution in [1.82, 2.24) is 30.8 Å². The zero-order chi connectivity index (χ0) is 26.2. The molecule has 4 rings (SSSR count). The number of nitrogens with one attached hydrogen (secondary N) is 3. The van der Waals surface area contributed by atoms with Crippen molar-refractivity contribution in [3.8, 4) is 0 Å². The lowest BCUT2D eigenvalue weighted by Crippen LogP contribution is -2.32. The lowest BCUT2D eigenvalue weighted by atomic mass is 9.82. The molecule has 0 bridgehead atoms. The van der Waals surface area contributed by atoms with Crippen molar-refractivity contribution in [2.75, 3.05) is 17.7 Å². The number of amides is 2. The number of hydrazine groups is 1. The summed E-state index contributed by atoms with van der Waals surface area (Å²) in [4.78, 5) is 24.7. The Morgan fingerprint density at radius 1 is 1.11 bits per heavy atom. The lowest BCUT2D eigenvalue weighted by molar-refractivity contribution is -0.116. The molecule has 0 unspecified atom stereocenters. The van der Waals surface area contributed by atoms with Crippen molar-refractivity contribution in [2.45, 2.75) is 50.4 Å². The maximum Gasteiger partial charge on any atom is 0.232 e. The van der Waals surface area contributed by atoms with Crippen molar-refractivity contribution >= 4 is 44.8 Å². The van der Waals surface area contributed by atoms with Gasteiger partial charge >= 0.3 is 0 Å². The molecule has 2 amide bonds. The van der Waals surface area contributed by atoms with Gasteiger partial charge in [0.2, 0.25) is 22.1 Å². The summed E-state index contributed by atoms with van der Waals surface area (Å²) in [6.45, 7) is 0. The van der Waals surface area contributed by atoms with Crippen molar-refractivity contribution < 1.29 is 9.59 Å². The topological polar surface area (TPSA) is 177 Å². The van der Waals surface area contributed by atoms with Crippen LogP contribution in [0, 0.1) is 0 Å². The highest BCUT2D eigenvalue weighted by Gasteiger charge is 2.29. The number of allylic oxidation sites excluding steroid dienone is 4. The van der Waals surface area contributed by atoms with Gasteiger partial charge in [0, 0.05) is 36.5 Å². The van der Waals surface area contributed by atoms with Crippen molar-refractivity contribution in [3.05, 3.63) is 58.1 Å². The summed E-state index contributed by atoms with van der Waals surface area (Å²) in [6, 6.07) is 0. The molecule has 1 aliphatic heterocycles. The predicted molar refractivity (Wildman–Crippen MR) is 144 cm³/mol. The fourth-order valence-corrected chi connectivity index (χ4v) is 5.95. The number of carbonyl (C=O) groups is 2. The molecule has 3 heterocycles. The number of nitrogens with zero attached hydrogens (tertiary/aromatic N) is 5. The quantitative estimate of drug-likeness (QED) is 0.296. The first-order chi connectivity index (χ1) is 17.9. The number of aromatic nitrogens is 4. The third-order valence-electron chi connectivity index (χ3n) is 5.96. The van der Waals surface area contributed by atoms with Crippen LogP contribution in [0.15, 0.2) is 48.1 Å². The van der Waals surface area contributed by atoms with Crippen LogP contribution >= 0.6 is 22.7 Å². The SMILES string of the molecule is CN1NC=CC=C1CC(=O)Nc1nnc([C@H]2CCC[C@H](c3nnc(NC(=O)C/C(N)=C/C=C\N)s3)C2)s1. The van der Waals surface area contributed by atoms with Crippen molar-refractivity contribution in [2.24, 2.45) is 11.5 Å². The Bertz CT molecular complexity index is 1230. The van der Waals surface area contributed by atoms with Gasteiger partial charge in [-0.05, 0) is 49.8 Å². The van der Waals surface area contributed by atoms with Gasteiger partial charge in [-0.2, -0.15) is 0 Å². The summed E-state index contributed by atoms with van der Waals surface area (Å²) >= 11 is 2.80. The van der Waals surface area contributed by atoms with Crippen LogP contribution in [0.1, 0.15) is 60.4 Å². The Balaban J connectivity index is 1.31. The van der Waals surface area contributed by atoms with E-state index in [9.17, 15) is 9.59 Å². The molecule has 14 heteroatoms. The third-order valence-corrected chi connectivity index (χ3v) is 7.96. The minimum Gasteiger partial charge on any atom is -0.405 e. The molecule has 2 aliphatic rings. The molecule has 0 spiro atoms. The number of anilines is 2. The average Bonchev–Trinajstić information content (AvgIpc) is 3.54. The molecule has 2 aromatic rings. The zero-order valence-corrected chi connectivity index (χ0v) is 22.0. The Kier molecular flexibility index (Phi) is 8.85. The van der Waals surface area contributed by atoms with E-state index in [1.165, 1.54) is 28.9 Å². The van der Waals surface area contributed by atoms with E-state index in [1.54, 1.807) is 23.4 Å². The molecule has 2 atom stereocenters. The van der Waals surface area contributed by atoms with E-state index in [4.69, 9.17) is 11.5 Å². The van der Waals surface area contributed by atoms with Gasteiger partial charge in [0.25, 0.3) is 0 Å². The van der Waals surface area contributed by atoms with Crippen LogP contribution in [-0.2, 0) is 9.59 Å². The maximum atomic E-state index is 12.5. The van der Waals surface area contributed by atoms with Gasteiger partial charge in [-0.1, -0.05) is 29.1 Å². The first kappa shape index (κ1) is 26.3. The largest absolute Gasteiger partial charge is 0.405 e. The van der Waals surface area contributed by atoms with Gasteiger partial charge in [-0.3, -0.25) is 14.6 Å². The van der Waals surface area contributed by atoms with Gasteiger partial charge in [0.15, 0.2) is 0 Å². The fourth-order valence-electron chi connectivity index (χ4n) is 4.14. The van der Waals surface area contributed by atoms with E-state index < -0.39 is 0 Å². The highest BCUT2D eigenvalue weighted by molar-refractivity contribution is 7.15. The molecule has 0 saturated heterocycles. The summed E-state index contributed by atoms with van der Waals surface area (Å²) in [6.07, 6.45) is 14.2. The summed E-state index contributed by atoms with van der Waals surface area (Å²) < 4.78 is 0. The second kappa shape index (κ2) is 12.5. The van der Waals surface area contributed by atoms with E-state index in [0.29, 0.717) is 16.0 Å². The second-order valence-electron chi connectivity index (χ2n) is 8.73. The number of nitrogens with two attached hydrogens (primary N) is 2. The predicted octanol–water partition coefficient (Wildman–Crippen LogP) is 2.65. The smallest absolute Gasteiger partial charge is 0.232 e. The van der Waals surface area contributed by atoms with Gasteiger partial charge < -0.3 is 27.5 Å². The molecule has 0 aromatic carbocycles. The highest BCUT2D eigenvalue weighted by atomic mass is 32.1. The number of carbonyl (C=O) groups excluding carboxylic acids is 2. The van der Waals surface area contributed by atoms with Crippen LogP contribution in [0.5, 0.6) is 0 Å². The molecule has 7 N–H and O–H groups in total. The summed E-state index contributed by atoms with van der Waals surface area (Å²) in [5.41, 5.74) is 15.4. The zero-order valence-electron chi connectivity index (χ0n) is 20.4. The van der Waals surface area contributed by atoms with Gasteiger partial charge in [-0.25, -0.2) is 0 Å². The number of hydrogen-bond donors (Lipinski definition) is 5. The van der Waals surface area contributed by atoms with Gasteiger partial charge in [-0.15, -0.1) is 20.4 Å². The highest BCUT2D eigenvalue weighted by Crippen LogP contribution is 2.43. The van der Waals surface area contributed by atoms with Crippen LogP contribution in [0.3, 0.4) is 0 Å². The summed E-state index contributed by atoms with van der Waals surface area (Å²) in [7, 11) is 1.86. The van der Waals surface area contributed by atoms with Crippen molar-refractivity contribution in [3.63, 3.8) is 0 Å². The lowest BCUT2D eigenvalue weighted by Gasteiger charge is -2.25. The Morgan fingerprint density at radius 3 is 2.38 bits per heavy atom. The van der Waals surface area contributed by atoms with E-state index >= 15 is 0 Å². The minimum atomic E-state index is -0.258. The van der Waals surface area contributed by atoms with E-state index in [2.05, 4.69) is 36.5 Å². The van der Waals surface area contributed by atoms with E-state index in [1.807, 2.05) is 19.2 Å². The van der Waals surface area contributed by atoms with Crippen molar-refractivity contribution in [1.29, 1.82) is 0 Å². The Labute approximate surface area is 222 Å². The Morgan fingerprint density at radius 2 is 1.76 bits per heavy atom. The minimum absolute atomic E-state index is 0.0446. The number of rotatable bonds is 9. The monoisotopic (exact) mass is 542 g/mol. The summed E-state index contributed by atoms with van der Waals surface area (Å²) in [5, 5.41) is 27.2. The van der Waals surface area contributed by atoms with Crippen LogP contribution in [-0.4, -0.2) is 44.3 Å². The third kappa shape index (κ3) is 7.36. The average molecular weight is 543 g/mol.